The van der Waals surface area contributed by atoms with E-state index in [1.54, 1.807) is 17.0 Å². The molecule has 2 amide bonds. The monoisotopic (exact) mass is 372 g/mol. The third-order valence-corrected chi connectivity index (χ3v) is 6.23. The number of hydrogen-bond donors (Lipinski definition) is 0. The number of carbonyl (C=O) groups is 2. The topological polar surface area (TPSA) is 40.6 Å². The number of hydrogen-bond acceptors (Lipinski definition) is 3. The van der Waals surface area contributed by atoms with E-state index in [1.807, 2.05) is 22.4 Å². The maximum absolute atomic E-state index is 13.3. The minimum atomic E-state index is -0.291. The lowest BCUT2D eigenvalue weighted by molar-refractivity contribution is -0.134. The van der Waals surface area contributed by atoms with Crippen molar-refractivity contribution in [3.8, 4) is 0 Å². The van der Waals surface area contributed by atoms with Gasteiger partial charge in [0.05, 0.1) is 10.8 Å². The average Bonchev–Trinajstić information content (AvgIpc) is 3.42. The molecule has 2 atom stereocenters. The van der Waals surface area contributed by atoms with E-state index in [1.165, 1.54) is 23.5 Å². The van der Waals surface area contributed by atoms with Gasteiger partial charge in [-0.25, -0.2) is 4.39 Å². The van der Waals surface area contributed by atoms with E-state index in [9.17, 15) is 14.0 Å². The van der Waals surface area contributed by atoms with Crippen LogP contribution in [0.3, 0.4) is 0 Å². The second-order valence-electron chi connectivity index (χ2n) is 6.98. The Morgan fingerprint density at radius 2 is 1.73 bits per heavy atom. The molecule has 2 fully saturated rings. The molecule has 0 radical (unpaired) electrons. The third-order valence-electron chi connectivity index (χ3n) is 5.37. The van der Waals surface area contributed by atoms with E-state index in [0.29, 0.717) is 18.0 Å². The fourth-order valence-corrected chi connectivity index (χ4v) is 4.69. The van der Waals surface area contributed by atoms with Gasteiger partial charge in [0, 0.05) is 32.1 Å². The van der Waals surface area contributed by atoms with Crippen molar-refractivity contribution in [2.24, 2.45) is 5.92 Å². The number of amides is 2. The molecule has 2 aliphatic heterocycles. The molecule has 4 nitrogen and oxygen atoms in total. The Labute approximate surface area is 156 Å². The number of thiophene rings is 1. The van der Waals surface area contributed by atoms with Gasteiger partial charge in [0.15, 0.2) is 0 Å². The Bertz CT molecular complexity index is 785. The lowest BCUT2D eigenvalue weighted by atomic mass is 9.88. The highest BCUT2D eigenvalue weighted by Gasteiger charge is 2.42. The van der Waals surface area contributed by atoms with Gasteiger partial charge in [-0.2, -0.15) is 0 Å². The van der Waals surface area contributed by atoms with Gasteiger partial charge < -0.3 is 9.80 Å². The van der Waals surface area contributed by atoms with E-state index in [4.69, 9.17) is 0 Å². The van der Waals surface area contributed by atoms with Gasteiger partial charge >= 0.3 is 0 Å². The molecule has 2 aromatic rings. The summed E-state index contributed by atoms with van der Waals surface area (Å²) >= 11 is 1.42. The Balaban J connectivity index is 1.60. The summed E-state index contributed by atoms with van der Waals surface area (Å²) in [6, 6.07) is 10.0. The van der Waals surface area contributed by atoms with Gasteiger partial charge in [0.2, 0.25) is 5.91 Å². The van der Waals surface area contributed by atoms with Crippen LogP contribution in [-0.2, 0) is 4.79 Å². The van der Waals surface area contributed by atoms with E-state index in [0.717, 1.165) is 31.5 Å². The number of carbonyl (C=O) groups excluding carboxylic acids is 2. The molecule has 6 heteroatoms. The summed E-state index contributed by atoms with van der Waals surface area (Å²) in [6.45, 7) is 2.51. The molecule has 0 aliphatic carbocycles. The molecule has 4 rings (SSSR count). The van der Waals surface area contributed by atoms with Crippen LogP contribution in [0, 0.1) is 11.7 Å². The maximum Gasteiger partial charge on any atom is 0.263 e. The molecule has 3 heterocycles. The Morgan fingerprint density at radius 1 is 1.00 bits per heavy atom. The first-order valence-corrected chi connectivity index (χ1v) is 9.88. The van der Waals surface area contributed by atoms with Gasteiger partial charge in [0.1, 0.15) is 5.82 Å². The summed E-state index contributed by atoms with van der Waals surface area (Å²) in [5.41, 5.74) is 0.922. The van der Waals surface area contributed by atoms with Crippen LogP contribution in [0.15, 0.2) is 41.8 Å². The number of halogens is 1. The predicted molar refractivity (Wildman–Crippen MR) is 98.7 cm³/mol. The van der Waals surface area contributed by atoms with Crippen molar-refractivity contribution in [2.75, 3.05) is 26.2 Å². The van der Waals surface area contributed by atoms with Gasteiger partial charge in [0.25, 0.3) is 5.91 Å². The first kappa shape index (κ1) is 17.2. The molecular weight excluding hydrogens is 351 g/mol. The van der Waals surface area contributed by atoms with E-state index < -0.39 is 0 Å². The molecule has 0 spiro atoms. The highest BCUT2D eigenvalue weighted by Crippen LogP contribution is 2.35. The van der Waals surface area contributed by atoms with Crippen molar-refractivity contribution < 1.29 is 14.0 Å². The third kappa shape index (κ3) is 3.26. The quantitative estimate of drug-likeness (QED) is 0.829. The van der Waals surface area contributed by atoms with Crippen LogP contribution >= 0.6 is 11.3 Å². The molecule has 1 aromatic carbocycles. The van der Waals surface area contributed by atoms with Gasteiger partial charge in [-0.1, -0.05) is 18.2 Å². The van der Waals surface area contributed by atoms with E-state index in [-0.39, 0.29) is 29.5 Å². The van der Waals surface area contributed by atoms with Crippen molar-refractivity contribution in [2.45, 2.75) is 18.8 Å². The zero-order chi connectivity index (χ0) is 18.1. The molecule has 0 unspecified atom stereocenters. The fraction of sp³-hybridized carbons (Fsp3) is 0.400. The largest absolute Gasteiger partial charge is 0.342 e. The normalized spacial score (nSPS) is 22.8. The summed E-state index contributed by atoms with van der Waals surface area (Å²) in [6.07, 6.45) is 2.08. The van der Waals surface area contributed by atoms with Crippen molar-refractivity contribution >= 4 is 23.2 Å². The molecule has 26 heavy (non-hydrogen) atoms. The van der Waals surface area contributed by atoms with Crippen molar-refractivity contribution in [1.82, 2.24) is 9.80 Å². The molecular formula is C20H21FN2O2S. The first-order chi connectivity index (χ1) is 12.6. The first-order valence-electron chi connectivity index (χ1n) is 9.00. The minimum absolute atomic E-state index is 0.0242. The summed E-state index contributed by atoms with van der Waals surface area (Å²) in [4.78, 5) is 30.2. The zero-order valence-corrected chi connectivity index (χ0v) is 15.3. The highest BCUT2D eigenvalue weighted by atomic mass is 32.1. The van der Waals surface area contributed by atoms with Gasteiger partial charge in [-0.05, 0) is 42.0 Å². The Hall–Kier alpha value is -2.21. The van der Waals surface area contributed by atoms with Crippen LogP contribution in [0.25, 0.3) is 0 Å². The van der Waals surface area contributed by atoms with Crippen molar-refractivity contribution in [3.05, 3.63) is 58.0 Å². The molecule has 2 saturated heterocycles. The number of benzene rings is 1. The van der Waals surface area contributed by atoms with Crippen molar-refractivity contribution in [1.29, 1.82) is 0 Å². The maximum atomic E-state index is 13.3. The lowest BCUT2D eigenvalue weighted by Gasteiger charge is -2.23. The molecule has 0 N–H and O–H groups in total. The van der Waals surface area contributed by atoms with Crippen LogP contribution in [0.4, 0.5) is 4.39 Å². The second kappa shape index (κ2) is 7.19. The fourth-order valence-electron chi connectivity index (χ4n) is 4.00. The smallest absolute Gasteiger partial charge is 0.263 e. The summed E-state index contributed by atoms with van der Waals surface area (Å²) in [7, 11) is 0. The highest BCUT2D eigenvalue weighted by molar-refractivity contribution is 7.12. The standard InChI is InChI=1S/C20H21FN2O2S/c21-15-7-5-14(6-8-15)16-12-23(20(25)18-4-3-11-26-18)13-17(16)19(24)22-9-1-2-10-22/h3-8,11,16-17H,1-2,9-10,12-13H2/t16-,17+/m0/s1. The van der Waals surface area contributed by atoms with Crippen LogP contribution in [0.5, 0.6) is 0 Å². The Morgan fingerprint density at radius 3 is 2.38 bits per heavy atom. The van der Waals surface area contributed by atoms with E-state index in [2.05, 4.69) is 0 Å². The number of rotatable bonds is 3. The molecule has 1 aromatic heterocycles. The van der Waals surface area contributed by atoms with E-state index >= 15 is 0 Å². The number of likely N-dealkylation sites (tertiary alicyclic amines) is 2. The minimum Gasteiger partial charge on any atom is -0.342 e. The van der Waals surface area contributed by atoms with Crippen LogP contribution in [0.2, 0.25) is 0 Å². The van der Waals surface area contributed by atoms with Crippen LogP contribution < -0.4 is 0 Å². The summed E-state index contributed by atoms with van der Waals surface area (Å²) < 4.78 is 13.3. The van der Waals surface area contributed by atoms with Crippen LogP contribution in [-0.4, -0.2) is 47.8 Å². The molecule has 2 aliphatic rings. The zero-order valence-electron chi connectivity index (χ0n) is 14.4. The average molecular weight is 372 g/mol. The summed E-state index contributed by atoms with van der Waals surface area (Å²) in [5, 5.41) is 1.88. The van der Waals surface area contributed by atoms with Gasteiger partial charge in [-0.15, -0.1) is 11.3 Å². The Kier molecular flexibility index (Phi) is 4.76. The van der Waals surface area contributed by atoms with Gasteiger partial charge in [-0.3, -0.25) is 9.59 Å². The SMILES string of the molecule is O=C(c1cccs1)N1C[C@@H](C(=O)N2CCCC2)[C@H](c2ccc(F)cc2)C1. The second-order valence-corrected chi connectivity index (χ2v) is 7.93. The summed E-state index contributed by atoms with van der Waals surface area (Å²) in [5.74, 6) is -0.544. The molecule has 0 bridgehead atoms. The molecule has 0 saturated carbocycles. The lowest BCUT2D eigenvalue weighted by Crippen LogP contribution is -2.37. The molecule has 136 valence electrons. The van der Waals surface area contributed by atoms with Crippen LogP contribution in [0.1, 0.15) is 34.0 Å². The number of nitrogens with zero attached hydrogens (tertiary/aromatic N) is 2. The van der Waals surface area contributed by atoms with Crippen molar-refractivity contribution in [3.63, 3.8) is 0 Å². The predicted octanol–water partition coefficient (Wildman–Crippen LogP) is 3.37.